The van der Waals surface area contributed by atoms with E-state index in [-0.39, 0.29) is 68.7 Å². The minimum absolute atomic E-state index is 0.0881. The number of ether oxygens (including phenoxy) is 2. The van der Waals surface area contributed by atoms with Crippen molar-refractivity contribution >= 4 is 17.7 Å². The summed E-state index contributed by atoms with van der Waals surface area (Å²) in [7, 11) is 0. The summed E-state index contributed by atoms with van der Waals surface area (Å²) in [6.45, 7) is 18.5. The molecule has 1 aromatic rings. The smallest absolute Gasteiger partial charge is 0.323 e. The Morgan fingerprint density at radius 1 is 0.915 bits per heavy atom. The van der Waals surface area contributed by atoms with Gasteiger partial charge in [-0.05, 0) is 123 Å². The van der Waals surface area contributed by atoms with Crippen LogP contribution in [0.2, 0.25) is 0 Å². The molecule has 0 unspecified atom stereocenters. The molecule has 47 heavy (non-hydrogen) atoms. The lowest BCUT2D eigenvalue weighted by Gasteiger charge is -2.70. The maximum atomic E-state index is 14.7. The molecule has 0 amide bonds. The molecule has 1 aromatic carbocycles. The summed E-state index contributed by atoms with van der Waals surface area (Å²) in [6, 6.07) is 9.15. The number of rotatable bonds is 6. The molecule has 5 aliphatic carbocycles. The van der Waals surface area contributed by atoms with Crippen molar-refractivity contribution in [3.63, 3.8) is 0 Å². The first-order chi connectivity index (χ1) is 21.9. The monoisotopic (exact) mass is 645 g/mol. The number of hydrogen-bond donors (Lipinski definition) is 1. The third kappa shape index (κ3) is 5.17. The molecule has 2 N–H and O–H groups in total. The number of carbonyl (C=O) groups is 3. The van der Waals surface area contributed by atoms with E-state index in [4.69, 9.17) is 15.2 Å². The fraction of sp³-hybridized carbons (Fsp3) is 0.732. The van der Waals surface area contributed by atoms with E-state index < -0.39 is 11.5 Å². The second-order valence-corrected chi connectivity index (χ2v) is 18.1. The second-order valence-electron chi connectivity index (χ2n) is 18.1. The molecule has 6 heteroatoms. The van der Waals surface area contributed by atoms with E-state index in [0.29, 0.717) is 13.0 Å². The van der Waals surface area contributed by atoms with Gasteiger partial charge in [-0.1, -0.05) is 77.4 Å². The Morgan fingerprint density at radius 2 is 1.60 bits per heavy atom. The summed E-state index contributed by atoms with van der Waals surface area (Å²) in [6.07, 6.45) is 10.6. The molecular weight excluding hydrogens is 586 g/mol. The first-order valence-corrected chi connectivity index (χ1v) is 18.4. The summed E-state index contributed by atoms with van der Waals surface area (Å²) in [5.74, 6) is 0.193. The van der Waals surface area contributed by atoms with Gasteiger partial charge in [0, 0.05) is 11.3 Å². The van der Waals surface area contributed by atoms with E-state index in [1.54, 1.807) is 0 Å². The fourth-order valence-corrected chi connectivity index (χ4v) is 12.0. The SMILES string of the molecule is CCOC(=O)[C@@]1(C)CC[C@]2(C)CC[C@]3(C)C(=CC(=O)[C@@H]4[C@@]5(C)CC[C@H](OC(=O)[C@@H](N)Cc6ccccc6)C(C)(C)[C@@H]5CC[C@]43C)[C@@H]2C1. The Morgan fingerprint density at radius 3 is 2.28 bits per heavy atom. The fourth-order valence-electron chi connectivity index (χ4n) is 12.0. The second kappa shape index (κ2) is 11.6. The highest BCUT2D eigenvalue weighted by Crippen LogP contribution is 2.75. The van der Waals surface area contributed by atoms with E-state index in [1.165, 1.54) is 5.57 Å². The predicted octanol–water partition coefficient (Wildman–Crippen LogP) is 8.01. The Hall–Kier alpha value is -2.47. The van der Waals surface area contributed by atoms with Gasteiger partial charge in [0.1, 0.15) is 12.1 Å². The maximum absolute atomic E-state index is 14.7. The lowest BCUT2D eigenvalue weighted by Crippen LogP contribution is -2.67. The third-order valence-electron chi connectivity index (χ3n) is 15.1. The van der Waals surface area contributed by atoms with Crippen LogP contribution in [0.5, 0.6) is 0 Å². The van der Waals surface area contributed by atoms with Gasteiger partial charge in [-0.3, -0.25) is 14.4 Å². The van der Waals surface area contributed by atoms with Gasteiger partial charge < -0.3 is 15.2 Å². The Balaban J connectivity index is 1.28. The van der Waals surface area contributed by atoms with Gasteiger partial charge in [0.25, 0.3) is 0 Å². The standard InChI is InChI=1S/C41H59NO5/c1-9-46-35(45)38(5)20-19-37(4)21-22-40(7)27(28(37)25-38)24-30(43)33-39(6)17-16-32(36(2,3)31(39)15-18-41(33,40)8)47-34(44)29(42)23-26-13-11-10-12-14-26/h10-14,24,28-29,31-33H,9,15-23,25,42H2,1-8H3/t28-,29-,31-,32-,33+,37+,38-,39-,40+,41+/m0/s1. The largest absolute Gasteiger partial charge is 0.466 e. The first kappa shape index (κ1) is 34.4. The van der Waals surface area contributed by atoms with Gasteiger partial charge in [-0.15, -0.1) is 0 Å². The van der Waals surface area contributed by atoms with Gasteiger partial charge in [-0.25, -0.2) is 0 Å². The highest BCUT2D eigenvalue weighted by molar-refractivity contribution is 5.95. The number of nitrogens with two attached hydrogens (primary N) is 1. The van der Waals surface area contributed by atoms with Crippen molar-refractivity contribution in [2.24, 2.45) is 56.0 Å². The number of carbonyl (C=O) groups excluding carboxylic acids is 3. The van der Waals surface area contributed by atoms with Crippen LogP contribution in [0.15, 0.2) is 42.0 Å². The molecule has 5 aliphatic rings. The van der Waals surface area contributed by atoms with Crippen LogP contribution in [0, 0.1) is 50.2 Å². The van der Waals surface area contributed by atoms with E-state index in [0.717, 1.165) is 63.4 Å². The molecule has 4 saturated carbocycles. The van der Waals surface area contributed by atoms with Crippen LogP contribution < -0.4 is 5.73 Å². The molecule has 0 saturated heterocycles. The van der Waals surface area contributed by atoms with Crippen molar-refractivity contribution in [3.8, 4) is 0 Å². The van der Waals surface area contributed by atoms with Crippen molar-refractivity contribution in [2.45, 2.75) is 132 Å². The van der Waals surface area contributed by atoms with Gasteiger partial charge in [0.05, 0.1) is 12.0 Å². The van der Waals surface area contributed by atoms with Gasteiger partial charge >= 0.3 is 11.9 Å². The molecule has 0 aromatic heterocycles. The lowest BCUT2D eigenvalue weighted by molar-refractivity contribution is -0.211. The molecule has 10 atom stereocenters. The molecule has 0 aliphatic heterocycles. The van der Waals surface area contributed by atoms with Crippen molar-refractivity contribution in [1.82, 2.24) is 0 Å². The summed E-state index contributed by atoms with van der Waals surface area (Å²) < 4.78 is 11.8. The minimum atomic E-state index is -0.706. The van der Waals surface area contributed by atoms with Gasteiger partial charge in [-0.2, -0.15) is 0 Å². The van der Waals surface area contributed by atoms with Crippen LogP contribution in [-0.2, 0) is 30.3 Å². The Labute approximate surface area is 283 Å². The van der Waals surface area contributed by atoms with Crippen LogP contribution in [0.4, 0.5) is 0 Å². The van der Waals surface area contributed by atoms with E-state index in [1.807, 2.05) is 37.3 Å². The zero-order chi connectivity index (χ0) is 34.2. The number of ketones is 1. The lowest BCUT2D eigenvalue weighted by atomic mass is 9.33. The normalized spacial score (nSPS) is 42.8. The molecule has 0 radical (unpaired) electrons. The molecule has 0 spiro atoms. The molecule has 6 rings (SSSR count). The summed E-state index contributed by atoms with van der Waals surface area (Å²) in [4.78, 5) is 41.3. The average Bonchev–Trinajstić information content (AvgIpc) is 3.01. The van der Waals surface area contributed by atoms with Gasteiger partial charge in [0.2, 0.25) is 0 Å². The highest BCUT2D eigenvalue weighted by atomic mass is 16.5. The minimum Gasteiger partial charge on any atom is -0.466 e. The molecule has 258 valence electrons. The van der Waals surface area contributed by atoms with Gasteiger partial charge in [0.15, 0.2) is 5.78 Å². The number of hydrogen-bond acceptors (Lipinski definition) is 6. The van der Waals surface area contributed by atoms with E-state index >= 15 is 0 Å². The van der Waals surface area contributed by atoms with Crippen LogP contribution in [-0.4, -0.2) is 36.5 Å². The number of allylic oxidation sites excluding steroid dienone is 2. The average molecular weight is 646 g/mol. The maximum Gasteiger partial charge on any atom is 0.323 e. The van der Waals surface area contributed by atoms with Crippen LogP contribution in [0.3, 0.4) is 0 Å². The number of esters is 2. The number of fused-ring (bicyclic) bond motifs is 7. The quantitative estimate of drug-likeness (QED) is 0.315. The van der Waals surface area contributed by atoms with Crippen LogP contribution in [0.25, 0.3) is 0 Å². The summed E-state index contributed by atoms with van der Waals surface area (Å²) in [5, 5.41) is 0. The van der Waals surface area contributed by atoms with Crippen molar-refractivity contribution in [1.29, 1.82) is 0 Å². The van der Waals surface area contributed by atoms with E-state index in [2.05, 4.69) is 54.5 Å². The van der Waals surface area contributed by atoms with E-state index in [9.17, 15) is 14.4 Å². The zero-order valence-corrected chi connectivity index (χ0v) is 30.2. The van der Waals surface area contributed by atoms with Crippen LogP contribution in [0.1, 0.15) is 119 Å². The van der Waals surface area contributed by atoms with Crippen molar-refractivity contribution in [2.75, 3.05) is 6.61 Å². The predicted molar refractivity (Wildman–Crippen MR) is 184 cm³/mol. The summed E-state index contributed by atoms with van der Waals surface area (Å²) >= 11 is 0. The van der Waals surface area contributed by atoms with Crippen molar-refractivity contribution in [3.05, 3.63) is 47.5 Å². The molecule has 6 nitrogen and oxygen atoms in total. The molecule has 4 fully saturated rings. The zero-order valence-electron chi connectivity index (χ0n) is 30.2. The number of benzene rings is 1. The Bertz CT molecular complexity index is 1450. The van der Waals surface area contributed by atoms with Crippen LogP contribution >= 0.6 is 0 Å². The molecule has 0 heterocycles. The van der Waals surface area contributed by atoms with Crippen molar-refractivity contribution < 1.29 is 23.9 Å². The topological polar surface area (TPSA) is 95.7 Å². The molecule has 0 bridgehead atoms. The molecular formula is C41H59NO5. The third-order valence-corrected chi connectivity index (χ3v) is 15.1. The first-order valence-electron chi connectivity index (χ1n) is 18.4. The summed E-state index contributed by atoms with van der Waals surface area (Å²) in [5.41, 5.74) is 7.46. The highest BCUT2D eigenvalue weighted by Gasteiger charge is 2.70. The Kier molecular flexibility index (Phi) is 8.46.